The average Bonchev–Trinajstić information content (AvgIpc) is 3.09. The van der Waals surface area contributed by atoms with E-state index in [1.165, 1.54) is 0 Å². The van der Waals surface area contributed by atoms with Gasteiger partial charge in [-0.05, 0) is 31.7 Å². The van der Waals surface area contributed by atoms with Crippen LogP contribution >= 0.6 is 0 Å². The van der Waals surface area contributed by atoms with Crippen LogP contribution in [0.5, 0.6) is 0 Å². The number of aromatic nitrogens is 4. The quantitative estimate of drug-likeness (QED) is 0.726. The van der Waals surface area contributed by atoms with Crippen molar-refractivity contribution >= 4 is 15.9 Å². The minimum atomic E-state index is -3.40. The number of nitrogens with zero attached hydrogens (tertiary/aromatic N) is 5. The third kappa shape index (κ3) is 4.30. The Bertz CT molecular complexity index is 763. The monoisotopic (exact) mass is 351 g/mol. The van der Waals surface area contributed by atoms with Crippen molar-refractivity contribution in [3.05, 3.63) is 31.0 Å². The molecule has 0 bridgehead atoms. The lowest BCUT2D eigenvalue weighted by atomic mass is 10.00. The predicted octanol–water partition coefficient (Wildman–Crippen LogP) is 1.39. The Hall–Kier alpha value is -2.00. The number of anilines is 1. The van der Waals surface area contributed by atoms with Gasteiger partial charge in [0.15, 0.2) is 0 Å². The van der Waals surface area contributed by atoms with E-state index in [0.29, 0.717) is 12.4 Å². The molecular weight excluding hydrogens is 330 g/mol. The van der Waals surface area contributed by atoms with E-state index in [2.05, 4.69) is 19.9 Å². The average molecular weight is 351 g/mol. The third-order valence-electron chi connectivity index (χ3n) is 4.03. The maximum atomic E-state index is 11.1. The highest BCUT2D eigenvalue weighted by atomic mass is 32.2. The zero-order valence-electron chi connectivity index (χ0n) is 13.6. The summed E-state index contributed by atoms with van der Waals surface area (Å²) in [7, 11) is -3.40. The minimum Gasteiger partial charge on any atom is -0.353 e. The molecule has 2 aromatic rings. The lowest BCUT2D eigenvalue weighted by Gasteiger charge is -2.36. The van der Waals surface area contributed by atoms with E-state index >= 15 is 0 Å². The van der Waals surface area contributed by atoms with Gasteiger partial charge in [0, 0.05) is 31.2 Å². The standard InChI is InChI=1S/C15H21N5O3S/c1-24(21,22)23-11-6-13-4-2-3-9-20(13)14-5-7-17-15(18-14)19-10-8-16-12-19/h5,7-8,10,12-13H,2-4,6,9,11H2,1H3. The maximum Gasteiger partial charge on any atom is 0.264 e. The Kier molecular flexibility index (Phi) is 5.10. The van der Waals surface area contributed by atoms with E-state index in [0.717, 1.165) is 37.9 Å². The van der Waals surface area contributed by atoms with E-state index in [4.69, 9.17) is 4.18 Å². The molecule has 9 heteroatoms. The van der Waals surface area contributed by atoms with E-state index in [1.807, 2.05) is 6.07 Å². The van der Waals surface area contributed by atoms with Gasteiger partial charge in [-0.25, -0.2) is 9.97 Å². The van der Waals surface area contributed by atoms with Crippen LogP contribution in [0.25, 0.3) is 5.95 Å². The van der Waals surface area contributed by atoms with Crippen LogP contribution in [0.15, 0.2) is 31.0 Å². The second kappa shape index (κ2) is 7.27. The van der Waals surface area contributed by atoms with Crippen molar-refractivity contribution in [1.82, 2.24) is 19.5 Å². The van der Waals surface area contributed by atoms with Gasteiger partial charge in [0.2, 0.25) is 5.95 Å². The number of rotatable bonds is 6. The van der Waals surface area contributed by atoms with Gasteiger partial charge in [0.1, 0.15) is 12.1 Å². The van der Waals surface area contributed by atoms with Crippen LogP contribution in [0.2, 0.25) is 0 Å². The predicted molar refractivity (Wildman–Crippen MR) is 89.6 cm³/mol. The van der Waals surface area contributed by atoms with Gasteiger partial charge in [0.05, 0.1) is 12.9 Å². The third-order valence-corrected chi connectivity index (χ3v) is 4.63. The second-order valence-corrected chi connectivity index (χ2v) is 7.49. The number of hydrogen-bond donors (Lipinski definition) is 0. The fourth-order valence-corrected chi connectivity index (χ4v) is 3.34. The highest BCUT2D eigenvalue weighted by Gasteiger charge is 2.24. The first kappa shape index (κ1) is 16.8. The first-order chi connectivity index (χ1) is 11.5. The van der Waals surface area contributed by atoms with Crippen molar-refractivity contribution in [2.75, 3.05) is 24.3 Å². The molecular formula is C15H21N5O3S. The van der Waals surface area contributed by atoms with Crippen LogP contribution in [-0.2, 0) is 14.3 Å². The fraction of sp³-hybridized carbons (Fsp3) is 0.533. The van der Waals surface area contributed by atoms with Crippen LogP contribution < -0.4 is 4.90 Å². The summed E-state index contributed by atoms with van der Waals surface area (Å²) in [6.07, 6.45) is 11.8. The molecule has 0 N–H and O–H groups in total. The minimum absolute atomic E-state index is 0.194. The first-order valence-electron chi connectivity index (χ1n) is 7.95. The molecule has 0 amide bonds. The van der Waals surface area contributed by atoms with E-state index in [9.17, 15) is 8.42 Å². The number of imidazole rings is 1. The zero-order chi connectivity index (χ0) is 17.0. The Labute approximate surface area is 141 Å². The zero-order valence-corrected chi connectivity index (χ0v) is 14.4. The van der Waals surface area contributed by atoms with Crippen LogP contribution in [-0.4, -0.2) is 53.4 Å². The molecule has 1 atom stereocenters. The molecule has 1 saturated heterocycles. The van der Waals surface area contributed by atoms with Gasteiger partial charge >= 0.3 is 0 Å². The maximum absolute atomic E-state index is 11.1. The Morgan fingerprint density at radius 2 is 2.21 bits per heavy atom. The highest BCUT2D eigenvalue weighted by molar-refractivity contribution is 7.85. The summed E-state index contributed by atoms with van der Waals surface area (Å²) >= 11 is 0. The molecule has 0 saturated carbocycles. The van der Waals surface area contributed by atoms with Crippen molar-refractivity contribution in [2.24, 2.45) is 0 Å². The molecule has 0 aromatic carbocycles. The number of hydrogen-bond acceptors (Lipinski definition) is 7. The summed E-state index contributed by atoms with van der Waals surface area (Å²) in [6.45, 7) is 1.09. The second-order valence-electron chi connectivity index (χ2n) is 5.84. The van der Waals surface area contributed by atoms with Crippen LogP contribution in [0.4, 0.5) is 5.82 Å². The highest BCUT2D eigenvalue weighted by Crippen LogP contribution is 2.25. The Morgan fingerprint density at radius 3 is 2.96 bits per heavy atom. The fourth-order valence-electron chi connectivity index (χ4n) is 2.94. The summed E-state index contributed by atoms with van der Waals surface area (Å²) in [5.41, 5.74) is 0. The van der Waals surface area contributed by atoms with Crippen molar-refractivity contribution in [3.63, 3.8) is 0 Å². The molecule has 2 aromatic heterocycles. The van der Waals surface area contributed by atoms with Gasteiger partial charge < -0.3 is 4.90 Å². The molecule has 3 heterocycles. The lowest BCUT2D eigenvalue weighted by molar-refractivity contribution is 0.287. The topological polar surface area (TPSA) is 90.2 Å². The van der Waals surface area contributed by atoms with Crippen molar-refractivity contribution in [3.8, 4) is 5.95 Å². The molecule has 0 aliphatic carbocycles. The molecule has 0 spiro atoms. The largest absolute Gasteiger partial charge is 0.353 e. The van der Waals surface area contributed by atoms with Gasteiger partial charge in [0.25, 0.3) is 10.1 Å². The smallest absolute Gasteiger partial charge is 0.264 e. The summed E-state index contributed by atoms with van der Waals surface area (Å²) in [4.78, 5) is 15.1. The molecule has 1 aliphatic heterocycles. The van der Waals surface area contributed by atoms with E-state index in [1.54, 1.807) is 29.5 Å². The molecule has 1 fully saturated rings. The molecule has 8 nitrogen and oxygen atoms in total. The normalized spacial score (nSPS) is 18.7. The van der Waals surface area contributed by atoms with Crippen molar-refractivity contribution in [2.45, 2.75) is 31.7 Å². The molecule has 1 unspecified atom stereocenters. The summed E-state index contributed by atoms with van der Waals surface area (Å²) in [5.74, 6) is 1.42. The Morgan fingerprint density at radius 1 is 1.33 bits per heavy atom. The summed E-state index contributed by atoms with van der Waals surface area (Å²) in [5, 5.41) is 0. The number of piperidine rings is 1. The summed E-state index contributed by atoms with van der Waals surface area (Å²) in [6, 6.07) is 2.10. The molecule has 3 rings (SSSR count). The molecule has 130 valence electrons. The first-order valence-corrected chi connectivity index (χ1v) is 9.77. The molecule has 0 radical (unpaired) electrons. The Balaban J connectivity index is 1.74. The van der Waals surface area contributed by atoms with Crippen molar-refractivity contribution in [1.29, 1.82) is 0 Å². The van der Waals surface area contributed by atoms with E-state index in [-0.39, 0.29) is 12.6 Å². The lowest BCUT2D eigenvalue weighted by Crippen LogP contribution is -2.41. The SMILES string of the molecule is CS(=O)(=O)OCCC1CCCCN1c1ccnc(-n2ccnc2)n1. The van der Waals surface area contributed by atoms with Crippen LogP contribution in [0, 0.1) is 0 Å². The van der Waals surface area contributed by atoms with Crippen LogP contribution in [0.3, 0.4) is 0 Å². The summed E-state index contributed by atoms with van der Waals surface area (Å²) < 4.78 is 28.9. The molecule has 1 aliphatic rings. The molecule has 24 heavy (non-hydrogen) atoms. The van der Waals surface area contributed by atoms with Gasteiger partial charge in [-0.15, -0.1) is 0 Å². The van der Waals surface area contributed by atoms with E-state index < -0.39 is 10.1 Å². The van der Waals surface area contributed by atoms with Crippen LogP contribution in [0.1, 0.15) is 25.7 Å². The van der Waals surface area contributed by atoms with Gasteiger partial charge in [-0.2, -0.15) is 13.4 Å². The van der Waals surface area contributed by atoms with Gasteiger partial charge in [-0.3, -0.25) is 8.75 Å². The van der Waals surface area contributed by atoms with Crippen molar-refractivity contribution < 1.29 is 12.6 Å². The van der Waals surface area contributed by atoms with Gasteiger partial charge in [-0.1, -0.05) is 0 Å².